The van der Waals surface area contributed by atoms with Crippen LogP contribution in [0.1, 0.15) is 22.0 Å². The second-order valence-corrected chi connectivity index (χ2v) is 7.58. The van der Waals surface area contributed by atoms with Crippen molar-refractivity contribution in [3.8, 4) is 0 Å². The zero-order valence-corrected chi connectivity index (χ0v) is 16.6. The molecule has 1 unspecified atom stereocenters. The second-order valence-electron chi connectivity index (χ2n) is 6.74. The number of halogens is 3. The molecular formula is C20H22Cl2FN3O. The van der Waals surface area contributed by atoms with Gasteiger partial charge >= 0.3 is 0 Å². The minimum absolute atomic E-state index is 0.0330. The number of rotatable bonds is 5. The fourth-order valence-corrected chi connectivity index (χ4v) is 3.73. The van der Waals surface area contributed by atoms with Crippen molar-refractivity contribution in [2.24, 2.45) is 0 Å². The molecule has 4 nitrogen and oxygen atoms in total. The molecule has 1 aliphatic heterocycles. The molecule has 0 aromatic heterocycles. The van der Waals surface area contributed by atoms with E-state index in [1.54, 1.807) is 30.3 Å². The lowest BCUT2D eigenvalue weighted by atomic mass is 10.0. The third-order valence-electron chi connectivity index (χ3n) is 4.87. The van der Waals surface area contributed by atoms with Crippen molar-refractivity contribution >= 4 is 29.1 Å². The van der Waals surface area contributed by atoms with Gasteiger partial charge in [0.05, 0.1) is 16.6 Å². The third kappa shape index (κ3) is 5.20. The van der Waals surface area contributed by atoms with Gasteiger partial charge in [0.25, 0.3) is 5.91 Å². The SMILES string of the molecule is CN1CCN(C(CNC(=O)c2ccc(Cl)cc2Cl)c2ccc(F)cc2)CC1. The monoisotopic (exact) mass is 409 g/mol. The summed E-state index contributed by atoms with van der Waals surface area (Å²) < 4.78 is 13.3. The normalized spacial score (nSPS) is 16.9. The van der Waals surface area contributed by atoms with Gasteiger partial charge in [-0.2, -0.15) is 0 Å². The van der Waals surface area contributed by atoms with E-state index in [1.165, 1.54) is 12.1 Å². The number of amides is 1. The number of hydrogen-bond donors (Lipinski definition) is 1. The number of piperazine rings is 1. The molecule has 7 heteroatoms. The molecule has 1 saturated heterocycles. The molecule has 1 aliphatic rings. The molecule has 0 spiro atoms. The Morgan fingerprint density at radius 1 is 1.11 bits per heavy atom. The van der Waals surface area contributed by atoms with Gasteiger partial charge in [-0.15, -0.1) is 0 Å². The largest absolute Gasteiger partial charge is 0.350 e. The van der Waals surface area contributed by atoms with Crippen molar-refractivity contribution < 1.29 is 9.18 Å². The zero-order valence-electron chi connectivity index (χ0n) is 15.1. The first-order valence-electron chi connectivity index (χ1n) is 8.85. The van der Waals surface area contributed by atoms with Crippen LogP contribution in [0.25, 0.3) is 0 Å². The van der Waals surface area contributed by atoms with Crippen molar-refractivity contribution in [2.45, 2.75) is 6.04 Å². The van der Waals surface area contributed by atoms with E-state index in [0.29, 0.717) is 22.2 Å². The lowest BCUT2D eigenvalue weighted by molar-refractivity contribution is 0.0886. The van der Waals surface area contributed by atoms with Gasteiger partial charge in [-0.3, -0.25) is 9.69 Å². The van der Waals surface area contributed by atoms with Crippen molar-refractivity contribution in [2.75, 3.05) is 39.8 Å². The van der Waals surface area contributed by atoms with Crippen molar-refractivity contribution in [1.29, 1.82) is 0 Å². The Labute approximate surface area is 168 Å². The van der Waals surface area contributed by atoms with Gasteiger partial charge in [0.15, 0.2) is 0 Å². The smallest absolute Gasteiger partial charge is 0.252 e. The Balaban J connectivity index is 1.74. The molecule has 1 N–H and O–H groups in total. The van der Waals surface area contributed by atoms with E-state index in [1.807, 2.05) is 0 Å². The fraction of sp³-hybridized carbons (Fsp3) is 0.350. The topological polar surface area (TPSA) is 35.6 Å². The molecular weight excluding hydrogens is 388 g/mol. The molecule has 0 bridgehead atoms. The highest BCUT2D eigenvalue weighted by Crippen LogP contribution is 2.24. The van der Waals surface area contributed by atoms with Crippen molar-refractivity contribution in [1.82, 2.24) is 15.1 Å². The Morgan fingerprint density at radius 2 is 1.78 bits per heavy atom. The molecule has 1 heterocycles. The number of nitrogens with one attached hydrogen (secondary N) is 1. The molecule has 2 aromatic carbocycles. The zero-order chi connectivity index (χ0) is 19.4. The van der Waals surface area contributed by atoms with E-state index in [-0.39, 0.29) is 17.8 Å². The lowest BCUT2D eigenvalue weighted by Crippen LogP contribution is -2.48. The maximum absolute atomic E-state index is 13.3. The molecule has 0 radical (unpaired) electrons. The molecule has 1 amide bonds. The third-order valence-corrected chi connectivity index (χ3v) is 5.41. The van der Waals surface area contributed by atoms with E-state index >= 15 is 0 Å². The predicted octanol–water partition coefficient (Wildman–Crippen LogP) is 3.85. The van der Waals surface area contributed by atoms with Crippen molar-refractivity contribution in [3.05, 3.63) is 69.5 Å². The average Bonchev–Trinajstić information content (AvgIpc) is 2.64. The fourth-order valence-electron chi connectivity index (χ4n) is 3.23. The van der Waals surface area contributed by atoms with Crippen LogP contribution in [0.3, 0.4) is 0 Å². The summed E-state index contributed by atoms with van der Waals surface area (Å²) in [6, 6.07) is 11.2. The number of hydrogen-bond acceptors (Lipinski definition) is 3. The molecule has 3 rings (SSSR count). The Bertz CT molecular complexity index is 792. The summed E-state index contributed by atoms with van der Waals surface area (Å²) in [6.07, 6.45) is 0. The highest BCUT2D eigenvalue weighted by Gasteiger charge is 2.25. The quantitative estimate of drug-likeness (QED) is 0.814. The van der Waals surface area contributed by atoms with Crippen LogP contribution in [0.2, 0.25) is 10.0 Å². The average molecular weight is 410 g/mol. The summed E-state index contributed by atoms with van der Waals surface area (Å²) in [6.45, 7) is 4.09. The standard InChI is InChI=1S/C20H22Cl2FN3O/c1-25-8-10-26(11-9-25)19(14-2-5-16(23)6-3-14)13-24-20(27)17-7-4-15(21)12-18(17)22/h2-7,12,19H,8-11,13H2,1H3,(H,24,27). The summed E-state index contributed by atoms with van der Waals surface area (Å²) in [5.74, 6) is -0.522. The summed E-state index contributed by atoms with van der Waals surface area (Å²) in [5, 5.41) is 3.77. The van der Waals surface area contributed by atoms with E-state index in [4.69, 9.17) is 23.2 Å². The molecule has 1 atom stereocenters. The maximum Gasteiger partial charge on any atom is 0.252 e. The van der Waals surface area contributed by atoms with Crippen LogP contribution in [-0.2, 0) is 0 Å². The summed E-state index contributed by atoms with van der Waals surface area (Å²) in [5.41, 5.74) is 1.36. The number of nitrogens with zero attached hydrogens (tertiary/aromatic N) is 2. The summed E-state index contributed by atoms with van der Waals surface area (Å²) in [4.78, 5) is 17.2. The van der Waals surface area contributed by atoms with E-state index in [9.17, 15) is 9.18 Å². The number of likely N-dealkylation sites (N-methyl/N-ethyl adjacent to an activating group) is 1. The van der Waals surface area contributed by atoms with Crippen LogP contribution in [0.4, 0.5) is 4.39 Å². The number of benzene rings is 2. The van der Waals surface area contributed by atoms with Gasteiger partial charge in [-0.05, 0) is 42.9 Å². The van der Waals surface area contributed by atoms with Crippen molar-refractivity contribution in [3.63, 3.8) is 0 Å². The highest BCUT2D eigenvalue weighted by molar-refractivity contribution is 6.36. The van der Waals surface area contributed by atoms with E-state index in [2.05, 4.69) is 22.2 Å². The molecule has 2 aromatic rings. The molecule has 0 aliphatic carbocycles. The molecule has 1 fully saturated rings. The second kappa shape index (κ2) is 9.02. The predicted molar refractivity (Wildman–Crippen MR) is 107 cm³/mol. The van der Waals surface area contributed by atoms with Crippen LogP contribution in [0, 0.1) is 5.82 Å². The first-order valence-corrected chi connectivity index (χ1v) is 9.61. The van der Waals surface area contributed by atoms with Gasteiger partial charge in [-0.25, -0.2) is 4.39 Å². The van der Waals surface area contributed by atoms with Gasteiger partial charge in [0.2, 0.25) is 0 Å². The Morgan fingerprint density at radius 3 is 2.41 bits per heavy atom. The summed E-state index contributed by atoms with van der Waals surface area (Å²) >= 11 is 12.0. The lowest BCUT2D eigenvalue weighted by Gasteiger charge is -2.38. The van der Waals surface area contributed by atoms with Crippen LogP contribution in [-0.4, -0.2) is 55.5 Å². The molecule has 27 heavy (non-hydrogen) atoms. The number of carbonyl (C=O) groups excluding carboxylic acids is 1. The summed E-state index contributed by atoms with van der Waals surface area (Å²) in [7, 11) is 2.09. The minimum Gasteiger partial charge on any atom is -0.350 e. The van der Waals surface area contributed by atoms with Gasteiger partial charge in [0, 0.05) is 37.7 Å². The molecule has 144 valence electrons. The minimum atomic E-state index is -0.271. The van der Waals surface area contributed by atoms with E-state index in [0.717, 1.165) is 31.7 Å². The van der Waals surface area contributed by atoms with Crippen LogP contribution in [0.5, 0.6) is 0 Å². The van der Waals surface area contributed by atoms with Gasteiger partial charge in [-0.1, -0.05) is 35.3 Å². The number of carbonyl (C=O) groups is 1. The van der Waals surface area contributed by atoms with Crippen LogP contribution < -0.4 is 5.32 Å². The van der Waals surface area contributed by atoms with Gasteiger partial charge in [0.1, 0.15) is 5.82 Å². The Kier molecular flexibility index (Phi) is 6.71. The highest BCUT2D eigenvalue weighted by atomic mass is 35.5. The van der Waals surface area contributed by atoms with Gasteiger partial charge < -0.3 is 10.2 Å². The maximum atomic E-state index is 13.3. The van der Waals surface area contributed by atoms with Crippen LogP contribution in [0.15, 0.2) is 42.5 Å². The Hall–Kier alpha value is -1.66. The first-order chi connectivity index (χ1) is 12.9. The molecule has 0 saturated carbocycles. The first kappa shape index (κ1) is 20.1. The van der Waals surface area contributed by atoms with E-state index < -0.39 is 0 Å². The van der Waals surface area contributed by atoms with Crippen LogP contribution >= 0.6 is 23.2 Å².